The highest BCUT2D eigenvalue weighted by Gasteiger charge is 2.33. The second-order valence-corrected chi connectivity index (χ2v) is 3.56. The fourth-order valence-electron chi connectivity index (χ4n) is 1.32. The lowest BCUT2D eigenvalue weighted by molar-refractivity contribution is -0.274. The molecule has 0 aliphatic rings. The molecular formula is C10H6ClF5N2O. The average Bonchev–Trinajstić information content (AvgIpc) is 2.26. The number of aromatic nitrogens is 1. The van der Waals surface area contributed by atoms with E-state index in [4.69, 9.17) is 16.9 Å². The number of alkyl halides is 6. The van der Waals surface area contributed by atoms with Crippen LogP contribution < -0.4 is 4.74 Å². The van der Waals surface area contributed by atoms with Gasteiger partial charge in [-0.05, 0) is 0 Å². The molecule has 1 heterocycles. The molecule has 104 valence electrons. The molecule has 1 aromatic heterocycles. The molecule has 0 aliphatic heterocycles. The minimum Gasteiger partial charge on any atom is -0.405 e. The summed E-state index contributed by atoms with van der Waals surface area (Å²) in [4.78, 5) is 3.42. The number of nitriles is 1. The fourth-order valence-corrected chi connectivity index (χ4v) is 1.59. The van der Waals surface area contributed by atoms with Crippen molar-refractivity contribution in [2.24, 2.45) is 0 Å². The maximum atomic E-state index is 12.7. The average molecular weight is 301 g/mol. The van der Waals surface area contributed by atoms with Gasteiger partial charge in [-0.15, -0.1) is 24.8 Å². The van der Waals surface area contributed by atoms with Gasteiger partial charge in [-0.1, -0.05) is 0 Å². The van der Waals surface area contributed by atoms with Gasteiger partial charge in [0.1, 0.15) is 11.4 Å². The molecule has 0 spiro atoms. The topological polar surface area (TPSA) is 45.9 Å². The minimum atomic E-state index is -5.05. The zero-order valence-electron chi connectivity index (χ0n) is 9.14. The lowest BCUT2D eigenvalue weighted by Gasteiger charge is -2.15. The summed E-state index contributed by atoms with van der Waals surface area (Å²) in [5.41, 5.74) is -1.71. The molecule has 0 radical (unpaired) electrons. The van der Waals surface area contributed by atoms with E-state index in [1.807, 2.05) is 0 Å². The number of hydrogen-bond acceptors (Lipinski definition) is 3. The van der Waals surface area contributed by atoms with Gasteiger partial charge in [-0.25, -0.2) is 8.78 Å². The molecule has 19 heavy (non-hydrogen) atoms. The van der Waals surface area contributed by atoms with Crippen LogP contribution in [0, 0.1) is 11.3 Å². The lowest BCUT2D eigenvalue weighted by atomic mass is 10.1. The number of rotatable bonds is 4. The smallest absolute Gasteiger partial charge is 0.405 e. The predicted molar refractivity (Wildman–Crippen MR) is 54.8 cm³/mol. The third-order valence-electron chi connectivity index (χ3n) is 1.99. The minimum absolute atomic E-state index is 0.245. The van der Waals surface area contributed by atoms with Crippen LogP contribution in [-0.2, 0) is 12.3 Å². The second-order valence-electron chi connectivity index (χ2n) is 3.29. The van der Waals surface area contributed by atoms with Crippen molar-refractivity contribution >= 4 is 11.6 Å². The van der Waals surface area contributed by atoms with E-state index < -0.39 is 42.1 Å². The van der Waals surface area contributed by atoms with E-state index in [0.717, 1.165) is 6.07 Å². The Morgan fingerprint density at radius 2 is 2.05 bits per heavy atom. The molecular weight excluding hydrogens is 295 g/mol. The van der Waals surface area contributed by atoms with Gasteiger partial charge >= 0.3 is 6.36 Å². The van der Waals surface area contributed by atoms with Crippen molar-refractivity contribution in [2.75, 3.05) is 0 Å². The predicted octanol–water partition coefficient (Wildman–Crippen LogP) is 3.72. The van der Waals surface area contributed by atoms with Crippen LogP contribution in [0.4, 0.5) is 22.0 Å². The van der Waals surface area contributed by atoms with Crippen molar-refractivity contribution in [1.82, 2.24) is 4.98 Å². The Morgan fingerprint density at radius 1 is 1.42 bits per heavy atom. The first kappa shape index (κ1) is 15.4. The first-order chi connectivity index (χ1) is 8.78. The fraction of sp³-hybridized carbons (Fsp3) is 0.400. The highest BCUT2D eigenvalue weighted by Crippen LogP contribution is 2.34. The first-order valence-corrected chi connectivity index (χ1v) is 5.31. The molecule has 0 fully saturated rings. The summed E-state index contributed by atoms with van der Waals surface area (Å²) in [6.45, 7) is 0. The molecule has 0 saturated carbocycles. The van der Waals surface area contributed by atoms with E-state index in [9.17, 15) is 22.0 Å². The van der Waals surface area contributed by atoms with Crippen LogP contribution in [0.3, 0.4) is 0 Å². The Hall–Kier alpha value is -1.62. The number of hydrogen-bond donors (Lipinski definition) is 0. The van der Waals surface area contributed by atoms with Crippen molar-refractivity contribution in [1.29, 1.82) is 5.26 Å². The summed E-state index contributed by atoms with van der Waals surface area (Å²) in [5, 5.41) is 8.43. The van der Waals surface area contributed by atoms with Crippen LogP contribution in [0.15, 0.2) is 6.07 Å². The Kier molecular flexibility index (Phi) is 4.89. The van der Waals surface area contributed by atoms with Crippen LogP contribution in [0.5, 0.6) is 5.75 Å². The highest BCUT2D eigenvalue weighted by molar-refractivity contribution is 6.17. The van der Waals surface area contributed by atoms with Gasteiger partial charge in [0.25, 0.3) is 6.43 Å². The Labute approximate surface area is 109 Å². The molecule has 0 unspecified atom stereocenters. The van der Waals surface area contributed by atoms with Gasteiger partial charge in [0, 0.05) is 11.6 Å². The first-order valence-electron chi connectivity index (χ1n) is 4.78. The van der Waals surface area contributed by atoms with E-state index in [1.165, 1.54) is 0 Å². The van der Waals surface area contributed by atoms with E-state index in [2.05, 4.69) is 9.72 Å². The number of nitrogens with zero attached hydrogens (tertiary/aromatic N) is 2. The molecule has 9 heteroatoms. The van der Waals surface area contributed by atoms with Crippen LogP contribution in [-0.4, -0.2) is 11.3 Å². The third-order valence-corrected chi connectivity index (χ3v) is 2.26. The Bertz CT molecular complexity index is 498. The second kappa shape index (κ2) is 6.02. The summed E-state index contributed by atoms with van der Waals surface area (Å²) in [6, 6.07) is 2.38. The molecule has 0 aromatic carbocycles. The van der Waals surface area contributed by atoms with Gasteiger partial charge in [0.2, 0.25) is 0 Å². The molecule has 0 amide bonds. The zero-order valence-corrected chi connectivity index (χ0v) is 9.90. The van der Waals surface area contributed by atoms with Crippen LogP contribution in [0.2, 0.25) is 0 Å². The summed E-state index contributed by atoms with van der Waals surface area (Å²) >= 11 is 5.35. The van der Waals surface area contributed by atoms with Crippen molar-refractivity contribution in [3.8, 4) is 11.8 Å². The van der Waals surface area contributed by atoms with Gasteiger partial charge in [-0.2, -0.15) is 5.26 Å². The normalized spacial score (nSPS) is 11.5. The monoisotopic (exact) mass is 300 g/mol. The molecule has 1 aromatic rings. The molecule has 0 saturated heterocycles. The van der Waals surface area contributed by atoms with Crippen LogP contribution >= 0.6 is 11.6 Å². The van der Waals surface area contributed by atoms with Crippen molar-refractivity contribution in [3.05, 3.63) is 23.0 Å². The molecule has 0 N–H and O–H groups in total. The summed E-state index contributed by atoms with van der Waals surface area (Å²) in [6.07, 6.45) is -8.59. The molecule has 3 nitrogen and oxygen atoms in total. The standard InChI is InChI=1S/C10H6ClF5N2O/c11-4-6-7(19-10(14,15)16)3-5(1-2-17)18-8(6)9(12)13/h3,9H,1,4H2. The van der Waals surface area contributed by atoms with E-state index in [-0.39, 0.29) is 5.69 Å². The molecule has 0 aliphatic carbocycles. The highest BCUT2D eigenvalue weighted by atomic mass is 35.5. The van der Waals surface area contributed by atoms with Gasteiger partial charge < -0.3 is 4.74 Å². The maximum absolute atomic E-state index is 12.7. The largest absolute Gasteiger partial charge is 0.573 e. The van der Waals surface area contributed by atoms with E-state index >= 15 is 0 Å². The van der Waals surface area contributed by atoms with Crippen molar-refractivity contribution in [2.45, 2.75) is 25.1 Å². The lowest BCUT2D eigenvalue weighted by Crippen LogP contribution is -2.19. The maximum Gasteiger partial charge on any atom is 0.573 e. The van der Waals surface area contributed by atoms with E-state index in [1.54, 1.807) is 6.07 Å². The van der Waals surface area contributed by atoms with E-state index in [0.29, 0.717) is 0 Å². The van der Waals surface area contributed by atoms with Gasteiger partial charge in [0.05, 0.1) is 24.1 Å². The number of ether oxygens (including phenoxy) is 1. The third kappa shape index (κ3) is 4.21. The number of pyridine rings is 1. The molecule has 0 atom stereocenters. The van der Waals surface area contributed by atoms with Crippen LogP contribution in [0.1, 0.15) is 23.4 Å². The van der Waals surface area contributed by atoms with Crippen molar-refractivity contribution in [3.63, 3.8) is 0 Å². The summed E-state index contributed by atoms with van der Waals surface area (Å²) < 4.78 is 65.6. The summed E-state index contributed by atoms with van der Waals surface area (Å²) in [7, 11) is 0. The van der Waals surface area contributed by atoms with Gasteiger partial charge in [-0.3, -0.25) is 4.98 Å². The Morgan fingerprint density at radius 3 is 2.47 bits per heavy atom. The molecule has 0 bridgehead atoms. The zero-order chi connectivity index (χ0) is 14.6. The summed E-state index contributed by atoms with van der Waals surface area (Å²) in [5.74, 6) is -1.48. The molecule has 1 rings (SSSR count). The Balaban J connectivity index is 3.36. The van der Waals surface area contributed by atoms with Crippen molar-refractivity contribution < 1.29 is 26.7 Å². The van der Waals surface area contributed by atoms with Crippen LogP contribution in [0.25, 0.3) is 0 Å². The SMILES string of the molecule is N#CCc1cc(OC(F)(F)F)c(CCl)c(C(F)F)n1. The van der Waals surface area contributed by atoms with Gasteiger partial charge in [0.15, 0.2) is 0 Å². The quantitative estimate of drug-likeness (QED) is 0.629. The number of halogens is 6.